The monoisotopic (exact) mass is 441 g/mol. The van der Waals surface area contributed by atoms with Crippen LogP contribution in [0.4, 0.5) is 4.79 Å². The number of nitrogens with zero attached hydrogens (tertiary/aromatic N) is 1. The van der Waals surface area contributed by atoms with E-state index >= 15 is 0 Å². The predicted molar refractivity (Wildman–Crippen MR) is 114 cm³/mol. The highest BCUT2D eigenvalue weighted by Gasteiger charge is 2.42. The molecule has 0 N–H and O–H groups in total. The lowest BCUT2D eigenvalue weighted by Gasteiger charge is -2.22. The number of ether oxygens (including phenoxy) is 4. The first kappa shape index (κ1) is 23.3. The lowest BCUT2D eigenvalue weighted by Crippen LogP contribution is -2.41. The normalized spacial score (nSPS) is 17.6. The maximum Gasteiger partial charge on any atom is 0.410 e. The third kappa shape index (κ3) is 6.81. The van der Waals surface area contributed by atoms with Crippen molar-refractivity contribution < 1.29 is 33.3 Å². The first-order chi connectivity index (χ1) is 15.6. The fourth-order valence-electron chi connectivity index (χ4n) is 3.36. The van der Waals surface area contributed by atoms with E-state index in [2.05, 4.69) is 0 Å². The van der Waals surface area contributed by atoms with Gasteiger partial charge in [0.2, 0.25) is 0 Å². The Bertz CT molecular complexity index is 824. The van der Waals surface area contributed by atoms with Gasteiger partial charge < -0.3 is 18.9 Å². The number of esters is 2. The highest BCUT2D eigenvalue weighted by Crippen LogP contribution is 2.23. The van der Waals surface area contributed by atoms with Crippen molar-refractivity contribution in [3.05, 3.63) is 71.8 Å². The molecule has 8 nitrogen and oxygen atoms in total. The van der Waals surface area contributed by atoms with E-state index in [4.69, 9.17) is 18.9 Å². The smallest absolute Gasteiger partial charge is 0.410 e. The van der Waals surface area contributed by atoms with Crippen LogP contribution >= 0.6 is 0 Å². The third-order valence-corrected chi connectivity index (χ3v) is 4.94. The van der Waals surface area contributed by atoms with Crippen molar-refractivity contribution in [2.75, 3.05) is 19.8 Å². The molecule has 8 heteroatoms. The van der Waals surface area contributed by atoms with Gasteiger partial charge in [-0.1, -0.05) is 60.7 Å². The fourth-order valence-corrected chi connectivity index (χ4v) is 3.36. The van der Waals surface area contributed by atoms with Crippen molar-refractivity contribution in [2.24, 2.45) is 0 Å². The van der Waals surface area contributed by atoms with Crippen LogP contribution in [0, 0.1) is 0 Å². The van der Waals surface area contributed by atoms with Crippen molar-refractivity contribution in [3.8, 4) is 0 Å². The van der Waals surface area contributed by atoms with Crippen LogP contribution < -0.4 is 0 Å². The van der Waals surface area contributed by atoms with E-state index in [1.165, 1.54) is 4.90 Å². The molecule has 1 saturated heterocycles. The topological polar surface area (TPSA) is 91.4 Å². The Morgan fingerprint density at radius 3 is 2.06 bits per heavy atom. The van der Waals surface area contributed by atoms with Crippen LogP contribution in [0.2, 0.25) is 0 Å². The Morgan fingerprint density at radius 2 is 1.47 bits per heavy atom. The van der Waals surface area contributed by atoms with E-state index in [-0.39, 0.29) is 39.4 Å². The largest absolute Gasteiger partial charge is 0.464 e. The van der Waals surface area contributed by atoms with Crippen molar-refractivity contribution in [2.45, 2.75) is 38.7 Å². The summed E-state index contributed by atoms with van der Waals surface area (Å²) < 4.78 is 21.3. The molecule has 2 atom stereocenters. The molecule has 2 aromatic carbocycles. The van der Waals surface area contributed by atoms with E-state index in [1.54, 1.807) is 6.92 Å². The second-order valence-corrected chi connectivity index (χ2v) is 7.28. The van der Waals surface area contributed by atoms with Gasteiger partial charge in [-0.25, -0.2) is 14.4 Å². The zero-order valence-electron chi connectivity index (χ0n) is 18.0. The molecule has 1 aliphatic rings. The molecule has 1 fully saturated rings. The summed E-state index contributed by atoms with van der Waals surface area (Å²) in [4.78, 5) is 38.4. The minimum absolute atomic E-state index is 0.0797. The Balaban J connectivity index is 1.61. The average Bonchev–Trinajstić information content (AvgIpc) is 3.26. The van der Waals surface area contributed by atoms with Gasteiger partial charge >= 0.3 is 18.0 Å². The fraction of sp³-hybridized carbons (Fsp3) is 0.375. The molecule has 170 valence electrons. The van der Waals surface area contributed by atoms with Gasteiger partial charge in [0.15, 0.2) is 0 Å². The molecule has 0 radical (unpaired) electrons. The molecule has 3 rings (SSSR count). The lowest BCUT2D eigenvalue weighted by atomic mass is 10.2. The summed E-state index contributed by atoms with van der Waals surface area (Å²) in [7, 11) is 0. The maximum absolute atomic E-state index is 12.8. The van der Waals surface area contributed by atoms with Gasteiger partial charge in [-0.2, -0.15) is 0 Å². The van der Waals surface area contributed by atoms with Crippen LogP contribution in [0.5, 0.6) is 0 Å². The second kappa shape index (κ2) is 11.9. The van der Waals surface area contributed by atoms with Crippen LogP contribution in [0.25, 0.3) is 0 Å². The standard InChI is InChI=1S/C24H27NO7/c1-2-29-22(26)17-30-20-13-21(23(27)31-15-18-9-5-3-6-10-18)25(14-20)24(28)32-16-19-11-7-4-8-12-19/h3-12,20-21H,2,13-17H2,1H3/t20?,21-/m0/s1. The zero-order chi connectivity index (χ0) is 22.8. The first-order valence-corrected chi connectivity index (χ1v) is 10.5. The molecule has 2 aromatic rings. The molecular weight excluding hydrogens is 414 g/mol. The Kier molecular flexibility index (Phi) is 8.62. The molecule has 1 amide bonds. The highest BCUT2D eigenvalue weighted by atomic mass is 16.6. The Hall–Kier alpha value is -3.39. The zero-order valence-corrected chi connectivity index (χ0v) is 18.0. The number of benzene rings is 2. The molecule has 0 bridgehead atoms. The van der Waals surface area contributed by atoms with E-state index in [1.807, 2.05) is 60.7 Å². The number of rotatable bonds is 9. The van der Waals surface area contributed by atoms with E-state index in [0.717, 1.165) is 11.1 Å². The molecule has 1 unspecified atom stereocenters. The summed E-state index contributed by atoms with van der Waals surface area (Å²) in [5, 5.41) is 0. The molecule has 0 spiro atoms. The summed E-state index contributed by atoms with van der Waals surface area (Å²) in [6.45, 7) is 1.99. The third-order valence-electron chi connectivity index (χ3n) is 4.94. The van der Waals surface area contributed by atoms with Crippen LogP contribution in [-0.4, -0.2) is 54.8 Å². The maximum atomic E-state index is 12.8. The summed E-state index contributed by atoms with van der Waals surface area (Å²) in [6.07, 6.45) is -0.955. The molecule has 0 aromatic heterocycles. The van der Waals surface area contributed by atoms with Crippen LogP contribution in [0.3, 0.4) is 0 Å². The average molecular weight is 441 g/mol. The van der Waals surface area contributed by atoms with E-state index in [9.17, 15) is 14.4 Å². The summed E-state index contributed by atoms with van der Waals surface area (Å²) in [5.41, 5.74) is 1.67. The van der Waals surface area contributed by atoms with Gasteiger partial charge in [0.1, 0.15) is 25.9 Å². The molecule has 32 heavy (non-hydrogen) atoms. The Labute approximate surface area is 187 Å². The van der Waals surface area contributed by atoms with Gasteiger partial charge in [-0.3, -0.25) is 4.90 Å². The summed E-state index contributed by atoms with van der Waals surface area (Å²) >= 11 is 0. The number of amides is 1. The van der Waals surface area contributed by atoms with Gasteiger partial charge in [0, 0.05) is 6.42 Å². The number of hydrogen-bond donors (Lipinski definition) is 0. The van der Waals surface area contributed by atoms with Crippen LogP contribution in [0.15, 0.2) is 60.7 Å². The van der Waals surface area contributed by atoms with E-state index in [0.29, 0.717) is 0 Å². The second-order valence-electron chi connectivity index (χ2n) is 7.28. The number of likely N-dealkylation sites (tertiary alicyclic amines) is 1. The van der Waals surface area contributed by atoms with Crippen molar-refractivity contribution in [3.63, 3.8) is 0 Å². The van der Waals surface area contributed by atoms with Gasteiger partial charge in [0.05, 0.1) is 19.3 Å². The summed E-state index contributed by atoms with van der Waals surface area (Å²) in [6, 6.07) is 17.7. The van der Waals surface area contributed by atoms with Crippen molar-refractivity contribution >= 4 is 18.0 Å². The van der Waals surface area contributed by atoms with Gasteiger partial charge in [-0.15, -0.1) is 0 Å². The summed E-state index contributed by atoms with van der Waals surface area (Å²) in [5.74, 6) is -1.05. The number of hydrogen-bond acceptors (Lipinski definition) is 7. The molecule has 1 heterocycles. The number of carbonyl (C=O) groups is 3. The predicted octanol–water partition coefficient (Wildman–Crippen LogP) is 3.09. The van der Waals surface area contributed by atoms with Crippen LogP contribution in [0.1, 0.15) is 24.5 Å². The number of carbonyl (C=O) groups excluding carboxylic acids is 3. The molecule has 1 aliphatic heterocycles. The quantitative estimate of drug-likeness (QED) is 0.436. The molecule has 0 aliphatic carbocycles. The highest BCUT2D eigenvalue weighted by molar-refractivity contribution is 5.82. The molecule has 0 saturated carbocycles. The molecular formula is C24H27NO7. The van der Waals surface area contributed by atoms with Crippen molar-refractivity contribution in [1.29, 1.82) is 0 Å². The lowest BCUT2D eigenvalue weighted by molar-refractivity contribution is -0.150. The van der Waals surface area contributed by atoms with Crippen LogP contribution in [-0.2, 0) is 41.8 Å². The Morgan fingerprint density at radius 1 is 0.875 bits per heavy atom. The van der Waals surface area contributed by atoms with Crippen molar-refractivity contribution in [1.82, 2.24) is 4.90 Å². The minimum atomic E-state index is -0.866. The van der Waals surface area contributed by atoms with E-state index < -0.39 is 30.2 Å². The van der Waals surface area contributed by atoms with Gasteiger partial charge in [-0.05, 0) is 18.1 Å². The minimum Gasteiger partial charge on any atom is -0.464 e. The first-order valence-electron chi connectivity index (χ1n) is 10.5. The van der Waals surface area contributed by atoms with Gasteiger partial charge in [0.25, 0.3) is 0 Å². The SMILES string of the molecule is CCOC(=O)COC1C[C@@H](C(=O)OCc2ccccc2)N(C(=O)OCc2ccccc2)C1.